The number of aromatic nitrogens is 2. The van der Waals surface area contributed by atoms with Crippen molar-refractivity contribution in [1.82, 2.24) is 4.57 Å². The van der Waals surface area contributed by atoms with Crippen molar-refractivity contribution in [2.24, 2.45) is 7.05 Å². The summed E-state index contributed by atoms with van der Waals surface area (Å²) < 4.78 is 9.08. The van der Waals surface area contributed by atoms with Gasteiger partial charge in [0.15, 0.2) is 5.78 Å². The van der Waals surface area contributed by atoms with Crippen LogP contribution in [0.3, 0.4) is 0 Å². The summed E-state index contributed by atoms with van der Waals surface area (Å²) in [6.07, 6.45) is 7.45. The molecular weight excluding hydrogens is 300 g/mol. The molecule has 0 radical (unpaired) electrons. The van der Waals surface area contributed by atoms with Crippen LogP contribution in [0.4, 0.5) is 0 Å². The molecule has 0 atom stereocenters. The van der Waals surface area contributed by atoms with Crippen LogP contribution in [-0.4, -0.2) is 17.5 Å². The number of carbonyl (C=O) groups is 1. The Hall–Kier alpha value is -3.14. The van der Waals surface area contributed by atoms with Gasteiger partial charge in [-0.2, -0.15) is 0 Å². The number of nitrogens with zero attached hydrogens (tertiary/aromatic N) is 2. The summed E-state index contributed by atoms with van der Waals surface area (Å²) >= 11 is 0. The van der Waals surface area contributed by atoms with Crippen molar-refractivity contribution in [3.8, 4) is 5.75 Å². The van der Waals surface area contributed by atoms with E-state index in [0.717, 1.165) is 17.0 Å². The highest BCUT2D eigenvalue weighted by Crippen LogP contribution is 2.21. The Labute approximate surface area is 141 Å². The number of carbonyl (C=O) groups excluding carboxylic acids is 1. The largest absolute Gasteiger partial charge is 0.497 e. The van der Waals surface area contributed by atoms with Crippen LogP contribution in [0.2, 0.25) is 0 Å². The third kappa shape index (κ3) is 3.43. The molecule has 4 heteroatoms. The molecule has 3 rings (SSSR count). The van der Waals surface area contributed by atoms with Gasteiger partial charge in [0.05, 0.1) is 14.2 Å². The summed E-state index contributed by atoms with van der Waals surface area (Å²) in [6.45, 7) is 0. The van der Waals surface area contributed by atoms with E-state index in [2.05, 4.69) is 0 Å². The fourth-order valence-corrected chi connectivity index (χ4v) is 2.47. The summed E-state index contributed by atoms with van der Waals surface area (Å²) in [6, 6.07) is 16.9. The number of aryl methyl sites for hydroxylation is 1. The van der Waals surface area contributed by atoms with E-state index < -0.39 is 0 Å². The van der Waals surface area contributed by atoms with Crippen molar-refractivity contribution in [1.29, 1.82) is 0 Å². The number of hydrogen-bond acceptors (Lipinski definition) is 2. The van der Waals surface area contributed by atoms with Crippen LogP contribution in [-0.2, 0) is 7.05 Å². The molecule has 0 aliphatic rings. The molecule has 0 aliphatic carbocycles. The zero-order valence-corrected chi connectivity index (χ0v) is 13.7. The quantitative estimate of drug-likeness (QED) is 0.411. The number of allylic oxidation sites excluding steroid dienone is 1. The highest BCUT2D eigenvalue weighted by Gasteiger charge is 2.14. The van der Waals surface area contributed by atoms with Gasteiger partial charge in [0, 0.05) is 17.2 Å². The van der Waals surface area contributed by atoms with Crippen LogP contribution in [0, 0.1) is 0 Å². The smallest absolute Gasteiger partial charge is 0.248 e. The number of rotatable bonds is 5. The molecule has 0 fully saturated rings. The fraction of sp³-hybridized carbons (Fsp3) is 0.100. The lowest BCUT2D eigenvalue weighted by atomic mass is 10.1. The molecule has 0 unspecified atom stereocenters. The molecule has 4 nitrogen and oxygen atoms in total. The van der Waals surface area contributed by atoms with E-state index in [4.69, 9.17) is 4.74 Å². The number of ketones is 1. The molecule has 3 aromatic rings. The zero-order valence-electron chi connectivity index (χ0n) is 13.7. The molecule has 120 valence electrons. The minimum absolute atomic E-state index is 0.0298. The van der Waals surface area contributed by atoms with Crippen LogP contribution < -0.4 is 9.30 Å². The second-order valence-corrected chi connectivity index (χ2v) is 5.47. The first kappa shape index (κ1) is 15.7. The summed E-state index contributed by atoms with van der Waals surface area (Å²) in [5.74, 6) is 0.753. The second-order valence-electron chi connectivity index (χ2n) is 5.47. The average Bonchev–Trinajstić information content (AvgIpc) is 3.06. The van der Waals surface area contributed by atoms with Crippen LogP contribution in [0.5, 0.6) is 5.75 Å². The van der Waals surface area contributed by atoms with E-state index in [1.807, 2.05) is 89.5 Å². The van der Waals surface area contributed by atoms with Gasteiger partial charge in [0.1, 0.15) is 23.8 Å². The maximum absolute atomic E-state index is 12.6. The van der Waals surface area contributed by atoms with Crippen molar-refractivity contribution in [3.05, 3.63) is 90.5 Å². The number of methoxy groups -OCH3 is 1. The van der Waals surface area contributed by atoms with Crippen LogP contribution in [0.15, 0.2) is 79.4 Å². The van der Waals surface area contributed by atoms with Crippen LogP contribution in [0.25, 0.3) is 5.70 Å². The van der Waals surface area contributed by atoms with Crippen molar-refractivity contribution in [3.63, 3.8) is 0 Å². The summed E-state index contributed by atoms with van der Waals surface area (Å²) in [7, 11) is 3.58. The van der Waals surface area contributed by atoms with Gasteiger partial charge in [0.2, 0.25) is 6.33 Å². The third-order valence-corrected chi connectivity index (χ3v) is 3.76. The second kappa shape index (κ2) is 6.96. The van der Waals surface area contributed by atoms with Gasteiger partial charge < -0.3 is 4.74 Å². The standard InChI is InChI=1S/C20H19N2O2/c1-21-12-13-22(15-21)19(16-8-10-18(24-2)11-9-16)14-20(23)17-6-4-3-5-7-17/h3-15H,1-2H3/q+1/b19-14+. The summed E-state index contributed by atoms with van der Waals surface area (Å²) in [5.41, 5.74) is 2.42. The van der Waals surface area contributed by atoms with Crippen LogP contribution >= 0.6 is 0 Å². The van der Waals surface area contributed by atoms with Crippen molar-refractivity contribution in [2.45, 2.75) is 0 Å². The molecule has 0 amide bonds. The van der Waals surface area contributed by atoms with Gasteiger partial charge in [-0.1, -0.05) is 30.3 Å². The van der Waals surface area contributed by atoms with Gasteiger partial charge in [-0.3, -0.25) is 4.79 Å². The number of benzene rings is 2. The highest BCUT2D eigenvalue weighted by molar-refractivity contribution is 6.08. The lowest BCUT2D eigenvalue weighted by molar-refractivity contribution is -0.670. The van der Waals surface area contributed by atoms with E-state index in [-0.39, 0.29) is 5.78 Å². The van der Waals surface area contributed by atoms with Gasteiger partial charge in [-0.25, -0.2) is 9.13 Å². The molecule has 0 saturated heterocycles. The van der Waals surface area contributed by atoms with Crippen molar-refractivity contribution >= 4 is 11.5 Å². The Morgan fingerprint density at radius 1 is 1.04 bits per heavy atom. The SMILES string of the molecule is COc1ccc(/C(=C\C(=O)c2ccccc2)n2cc[n+](C)c2)cc1. The van der Waals surface area contributed by atoms with Gasteiger partial charge in [0.25, 0.3) is 0 Å². The maximum Gasteiger partial charge on any atom is 0.248 e. The average molecular weight is 319 g/mol. The molecule has 0 aliphatic heterocycles. The predicted molar refractivity (Wildman–Crippen MR) is 92.7 cm³/mol. The first-order valence-electron chi connectivity index (χ1n) is 7.66. The van der Waals surface area contributed by atoms with Crippen molar-refractivity contribution < 1.29 is 14.1 Å². The Morgan fingerprint density at radius 3 is 2.33 bits per heavy atom. The molecule has 0 saturated carbocycles. The van der Waals surface area contributed by atoms with E-state index in [1.54, 1.807) is 13.2 Å². The molecular formula is C20H19N2O2+. The van der Waals surface area contributed by atoms with Gasteiger partial charge in [-0.05, 0) is 24.3 Å². The van der Waals surface area contributed by atoms with Crippen LogP contribution in [0.1, 0.15) is 15.9 Å². The summed E-state index contributed by atoms with van der Waals surface area (Å²) in [5, 5.41) is 0. The number of hydrogen-bond donors (Lipinski definition) is 0. The Morgan fingerprint density at radius 2 is 1.75 bits per heavy atom. The molecule has 0 spiro atoms. The highest BCUT2D eigenvalue weighted by atomic mass is 16.5. The lowest BCUT2D eigenvalue weighted by Crippen LogP contribution is -2.23. The number of imidazole rings is 1. The van der Waals surface area contributed by atoms with E-state index >= 15 is 0 Å². The fourth-order valence-electron chi connectivity index (χ4n) is 2.47. The molecule has 24 heavy (non-hydrogen) atoms. The summed E-state index contributed by atoms with van der Waals surface area (Å²) in [4.78, 5) is 12.6. The lowest BCUT2D eigenvalue weighted by Gasteiger charge is -2.05. The molecule has 0 bridgehead atoms. The Bertz CT molecular complexity index is 862. The van der Waals surface area contributed by atoms with E-state index in [1.165, 1.54) is 0 Å². The first-order valence-corrected chi connectivity index (χ1v) is 7.66. The van der Waals surface area contributed by atoms with E-state index in [0.29, 0.717) is 5.56 Å². The molecule has 2 aromatic carbocycles. The predicted octanol–water partition coefficient (Wildman–Crippen LogP) is 3.09. The molecule has 1 aromatic heterocycles. The molecule has 1 heterocycles. The first-order chi connectivity index (χ1) is 11.7. The normalized spacial score (nSPS) is 11.3. The number of ether oxygens (including phenoxy) is 1. The minimum Gasteiger partial charge on any atom is -0.497 e. The minimum atomic E-state index is -0.0298. The van der Waals surface area contributed by atoms with Gasteiger partial charge >= 0.3 is 0 Å². The Kier molecular flexibility index (Phi) is 4.57. The van der Waals surface area contributed by atoms with E-state index in [9.17, 15) is 4.79 Å². The van der Waals surface area contributed by atoms with Crippen molar-refractivity contribution in [2.75, 3.05) is 7.11 Å². The van der Waals surface area contributed by atoms with Gasteiger partial charge in [-0.15, -0.1) is 0 Å². The third-order valence-electron chi connectivity index (χ3n) is 3.76. The molecule has 0 N–H and O–H groups in total. The topological polar surface area (TPSA) is 35.1 Å². The maximum atomic E-state index is 12.6. The zero-order chi connectivity index (χ0) is 16.9. The Balaban J connectivity index is 2.04. The monoisotopic (exact) mass is 319 g/mol.